The minimum Gasteiger partial charge on any atom is -0.283 e. The number of nitrogens with one attached hydrogen (secondary N) is 1. The summed E-state index contributed by atoms with van der Waals surface area (Å²) in [6.45, 7) is 0. The van der Waals surface area contributed by atoms with E-state index in [2.05, 4.69) is 9.71 Å². The lowest BCUT2D eigenvalue weighted by atomic mass is 10.1. The predicted molar refractivity (Wildman–Crippen MR) is 96.5 cm³/mol. The number of benzene rings is 2. The van der Waals surface area contributed by atoms with Gasteiger partial charge in [-0.05, 0) is 24.3 Å². The van der Waals surface area contributed by atoms with Gasteiger partial charge in [0.1, 0.15) is 4.90 Å². The maximum atomic E-state index is 11.3. The third kappa shape index (κ3) is 5.52. The van der Waals surface area contributed by atoms with Gasteiger partial charge in [0.25, 0.3) is 10.1 Å². The molecule has 0 radical (unpaired) electrons. The van der Waals surface area contributed by atoms with Crippen molar-refractivity contribution in [1.82, 2.24) is 4.98 Å². The van der Waals surface area contributed by atoms with Crippen molar-refractivity contribution in [2.45, 2.75) is 4.90 Å². The topological polar surface area (TPSA) is 113 Å². The molecule has 9 heteroatoms. The Morgan fingerprint density at radius 3 is 1.88 bits per heavy atom. The van der Waals surface area contributed by atoms with E-state index in [1.54, 1.807) is 30.6 Å². The summed E-state index contributed by atoms with van der Waals surface area (Å²) in [4.78, 5) is 3.52. The van der Waals surface area contributed by atoms with Crippen LogP contribution in [0.15, 0.2) is 71.9 Å². The summed E-state index contributed by atoms with van der Waals surface area (Å²) in [7, 11) is -7.85. The lowest BCUT2D eigenvalue weighted by Crippen LogP contribution is -2.10. The van der Waals surface area contributed by atoms with Crippen molar-refractivity contribution in [3.63, 3.8) is 0 Å². The molecule has 25 heavy (non-hydrogen) atoms. The number of aromatic nitrogens is 1. The molecule has 0 unspecified atom stereocenters. The van der Waals surface area contributed by atoms with Gasteiger partial charge in [-0.1, -0.05) is 30.3 Å². The molecule has 0 bridgehead atoms. The Hall–Kier alpha value is -2.49. The van der Waals surface area contributed by atoms with Gasteiger partial charge in [-0.15, -0.1) is 0 Å². The molecule has 0 aliphatic carbocycles. The first kappa shape index (κ1) is 18.8. The largest absolute Gasteiger partial charge is 0.295 e. The van der Waals surface area contributed by atoms with E-state index >= 15 is 0 Å². The fourth-order valence-electron chi connectivity index (χ4n) is 2.10. The second-order valence-electron chi connectivity index (χ2n) is 5.03. The minimum absolute atomic E-state index is 0.249. The summed E-state index contributed by atoms with van der Waals surface area (Å²) in [5.74, 6) is 0. The summed E-state index contributed by atoms with van der Waals surface area (Å²) in [6, 6.07) is 14.5. The van der Waals surface area contributed by atoms with Crippen molar-refractivity contribution in [2.24, 2.45) is 0 Å². The smallest absolute Gasteiger partial charge is 0.283 e. The van der Waals surface area contributed by atoms with Gasteiger partial charge in [-0.3, -0.25) is 14.3 Å². The Labute approximate surface area is 146 Å². The first-order valence-electron chi connectivity index (χ1n) is 7.00. The Morgan fingerprint density at radius 1 is 0.840 bits per heavy atom. The monoisotopic (exact) mass is 380 g/mol. The lowest BCUT2D eigenvalue weighted by molar-refractivity contribution is 0.484. The van der Waals surface area contributed by atoms with Crippen LogP contribution in [0.1, 0.15) is 0 Å². The average molecular weight is 380 g/mol. The van der Waals surface area contributed by atoms with Gasteiger partial charge in [-0.25, -0.2) is 8.42 Å². The molecule has 3 aromatic rings. The molecule has 0 saturated heterocycles. The van der Waals surface area contributed by atoms with Crippen LogP contribution in [0.5, 0.6) is 0 Å². The maximum Gasteiger partial charge on any atom is 0.295 e. The highest BCUT2D eigenvalue weighted by Crippen LogP contribution is 2.29. The summed E-state index contributed by atoms with van der Waals surface area (Å²) in [5.41, 5.74) is 0.255. The number of pyridine rings is 1. The molecule has 1 heterocycles. The molecule has 1 aromatic heterocycles. The Morgan fingerprint density at radius 2 is 1.44 bits per heavy atom. The van der Waals surface area contributed by atoms with Crippen molar-refractivity contribution in [3.05, 3.63) is 67.0 Å². The molecule has 7 nitrogen and oxygen atoms in total. The molecule has 0 fully saturated rings. The van der Waals surface area contributed by atoms with Gasteiger partial charge < -0.3 is 0 Å². The molecular weight excluding hydrogens is 364 g/mol. The average Bonchev–Trinajstić information content (AvgIpc) is 2.55. The summed E-state index contributed by atoms with van der Waals surface area (Å²) in [6.07, 6.45) is 4.50. The van der Waals surface area contributed by atoms with Crippen LogP contribution in [0.2, 0.25) is 0 Å². The highest BCUT2D eigenvalue weighted by Gasteiger charge is 2.16. The number of nitrogens with zero attached hydrogens (tertiary/aromatic N) is 1. The standard InChI is InChI=1S/C11H11NO5S2.C5H5N/c1-18(13,14)12-10-6-7-11(19(15,16)17)9-5-3-2-4-8(9)10;1-2-4-6-5-3-1/h2-7,12H,1H3,(H,15,16,17);1-5H. The molecule has 0 aliphatic rings. The second-order valence-corrected chi connectivity index (χ2v) is 8.17. The van der Waals surface area contributed by atoms with E-state index in [0.717, 1.165) is 12.3 Å². The summed E-state index contributed by atoms with van der Waals surface area (Å²) < 4.78 is 56.5. The fraction of sp³-hybridized carbons (Fsp3) is 0.0625. The third-order valence-electron chi connectivity index (χ3n) is 3.02. The second kappa shape index (κ2) is 7.60. The van der Waals surface area contributed by atoms with Crippen LogP contribution < -0.4 is 4.72 Å². The molecule has 3 rings (SSSR count). The van der Waals surface area contributed by atoms with Crippen LogP contribution in [0.25, 0.3) is 10.8 Å². The molecule has 132 valence electrons. The summed E-state index contributed by atoms with van der Waals surface area (Å²) in [5, 5.41) is 0.640. The van der Waals surface area contributed by atoms with E-state index in [-0.39, 0.29) is 16.0 Å². The van der Waals surface area contributed by atoms with E-state index in [0.29, 0.717) is 5.39 Å². The number of fused-ring (bicyclic) bond motifs is 1. The molecule has 2 N–H and O–H groups in total. The molecular formula is C16H16N2O5S2. The molecule has 0 aliphatic heterocycles. The quantitative estimate of drug-likeness (QED) is 0.675. The molecule has 0 spiro atoms. The minimum atomic E-state index is -4.37. The number of hydrogen-bond donors (Lipinski definition) is 2. The van der Waals surface area contributed by atoms with Gasteiger partial charge in [0.15, 0.2) is 0 Å². The molecule has 0 saturated carbocycles. The van der Waals surface area contributed by atoms with Gasteiger partial charge in [0.2, 0.25) is 10.0 Å². The highest BCUT2D eigenvalue weighted by molar-refractivity contribution is 7.92. The van der Waals surface area contributed by atoms with E-state index in [1.165, 1.54) is 12.1 Å². The van der Waals surface area contributed by atoms with E-state index in [1.807, 2.05) is 18.2 Å². The fourth-order valence-corrected chi connectivity index (χ4v) is 3.37. The Balaban J connectivity index is 0.000000316. The summed E-state index contributed by atoms with van der Waals surface area (Å²) >= 11 is 0. The van der Waals surface area contributed by atoms with Crippen molar-refractivity contribution < 1.29 is 21.4 Å². The van der Waals surface area contributed by atoms with Crippen LogP contribution in [-0.4, -0.2) is 32.6 Å². The number of sulfonamides is 1. The van der Waals surface area contributed by atoms with Crippen molar-refractivity contribution in [2.75, 3.05) is 11.0 Å². The predicted octanol–water partition coefficient (Wildman–Crippen LogP) is 2.54. The normalized spacial score (nSPS) is 11.4. The molecule has 0 atom stereocenters. The number of rotatable bonds is 3. The zero-order valence-corrected chi connectivity index (χ0v) is 14.8. The number of hydrogen-bond acceptors (Lipinski definition) is 5. The molecule has 0 amide bonds. The first-order chi connectivity index (χ1) is 11.7. The SMILES string of the molecule is CS(=O)(=O)Nc1ccc(S(=O)(=O)O)c2ccccc12.c1ccncc1. The van der Waals surface area contributed by atoms with Gasteiger partial charge >= 0.3 is 0 Å². The lowest BCUT2D eigenvalue weighted by Gasteiger charge is -2.10. The highest BCUT2D eigenvalue weighted by atomic mass is 32.2. The van der Waals surface area contributed by atoms with E-state index < -0.39 is 20.1 Å². The Kier molecular flexibility index (Phi) is 5.73. The van der Waals surface area contributed by atoms with Crippen LogP contribution in [-0.2, 0) is 20.1 Å². The first-order valence-corrected chi connectivity index (χ1v) is 10.3. The van der Waals surface area contributed by atoms with Crippen molar-refractivity contribution in [3.8, 4) is 0 Å². The van der Waals surface area contributed by atoms with Gasteiger partial charge in [0, 0.05) is 23.2 Å². The van der Waals surface area contributed by atoms with Crippen LogP contribution in [0, 0.1) is 0 Å². The maximum absolute atomic E-state index is 11.3. The molecule has 2 aromatic carbocycles. The van der Waals surface area contributed by atoms with Crippen molar-refractivity contribution >= 4 is 36.6 Å². The van der Waals surface area contributed by atoms with Crippen LogP contribution in [0.3, 0.4) is 0 Å². The Bertz CT molecular complexity index is 1040. The van der Waals surface area contributed by atoms with Gasteiger partial charge in [0.05, 0.1) is 11.9 Å². The number of anilines is 1. The zero-order chi connectivity index (χ0) is 18.5. The van der Waals surface area contributed by atoms with E-state index in [9.17, 15) is 16.8 Å². The zero-order valence-electron chi connectivity index (χ0n) is 13.2. The van der Waals surface area contributed by atoms with Crippen molar-refractivity contribution in [1.29, 1.82) is 0 Å². The van der Waals surface area contributed by atoms with Crippen LogP contribution in [0.4, 0.5) is 5.69 Å². The van der Waals surface area contributed by atoms with E-state index in [4.69, 9.17) is 4.55 Å². The van der Waals surface area contributed by atoms with Gasteiger partial charge in [-0.2, -0.15) is 8.42 Å². The third-order valence-corrected chi connectivity index (χ3v) is 4.53. The van der Waals surface area contributed by atoms with Crippen LogP contribution >= 0.6 is 0 Å².